The summed E-state index contributed by atoms with van der Waals surface area (Å²) in [7, 11) is 0. The van der Waals surface area contributed by atoms with Crippen molar-refractivity contribution in [1.82, 2.24) is 20.7 Å². The minimum atomic E-state index is -1.10. The number of nitrogens with zero attached hydrogens (tertiary/aromatic N) is 4. The van der Waals surface area contributed by atoms with Gasteiger partial charge in [0, 0.05) is 27.4 Å². The lowest BCUT2D eigenvalue weighted by atomic mass is 9.76. The molecule has 6 rings (SSSR count). The third kappa shape index (κ3) is 7.80. The van der Waals surface area contributed by atoms with E-state index < -0.39 is 23.6 Å². The number of halogens is 3. The lowest BCUT2D eigenvalue weighted by molar-refractivity contribution is -0.118. The summed E-state index contributed by atoms with van der Waals surface area (Å²) in [6.07, 6.45) is 1.87. The maximum atomic E-state index is 14.1. The van der Waals surface area contributed by atoms with Gasteiger partial charge in [0.25, 0.3) is 17.7 Å². The van der Waals surface area contributed by atoms with Gasteiger partial charge in [-0.3, -0.25) is 14.4 Å². The molecule has 280 valence electrons. The van der Waals surface area contributed by atoms with Gasteiger partial charge in [-0.2, -0.15) is 25.5 Å². The van der Waals surface area contributed by atoms with Crippen LogP contribution < -0.4 is 20.4 Å². The second kappa shape index (κ2) is 15.4. The molecule has 2 heterocycles. The molecule has 0 aliphatic carbocycles. The van der Waals surface area contributed by atoms with E-state index in [0.29, 0.717) is 28.0 Å². The number of anilines is 2. The van der Waals surface area contributed by atoms with Crippen LogP contribution in [0.4, 0.5) is 11.4 Å². The fourth-order valence-corrected chi connectivity index (χ4v) is 7.10. The molecule has 1 unspecified atom stereocenters. The summed E-state index contributed by atoms with van der Waals surface area (Å²) in [4.78, 5) is 41.0. The summed E-state index contributed by atoms with van der Waals surface area (Å²) in [6.45, 7) is 12.8. The summed E-state index contributed by atoms with van der Waals surface area (Å²) in [5.74, 6) is -1.96. The predicted octanol–water partition coefficient (Wildman–Crippen LogP) is 9.18. The van der Waals surface area contributed by atoms with Crippen molar-refractivity contribution in [2.75, 3.05) is 16.9 Å². The van der Waals surface area contributed by atoms with Gasteiger partial charge in [-0.25, -0.2) is 0 Å². The first-order valence-electron chi connectivity index (χ1n) is 17.5. The molecule has 5 aromatic rings. The maximum Gasteiger partial charge on any atom is 0.262 e. The molecule has 0 fully saturated rings. The SMILES string of the molecule is CCC(C)(C)c1ccc(OCC(=O)Nc2cccc(C(=O)NC3=NN(c4c(Cl)cc(Cl)cc4Cl)C(=O)C3c3cccc4n[nH]nc34)c2)c(C(C)(C)CC)c1. The van der Waals surface area contributed by atoms with E-state index in [0.717, 1.165) is 23.4 Å². The number of H-pyrrole nitrogens is 1. The monoisotopic (exact) mass is 787 g/mol. The Bertz CT molecular complexity index is 2280. The van der Waals surface area contributed by atoms with Crippen LogP contribution in [0.25, 0.3) is 11.0 Å². The highest BCUT2D eigenvalue weighted by atomic mass is 35.5. The van der Waals surface area contributed by atoms with Gasteiger partial charge in [-0.15, -0.1) is 0 Å². The summed E-state index contributed by atoms with van der Waals surface area (Å²) < 4.78 is 6.10. The highest BCUT2D eigenvalue weighted by Gasteiger charge is 2.42. The van der Waals surface area contributed by atoms with Crippen LogP contribution >= 0.6 is 34.8 Å². The number of benzene rings is 4. The van der Waals surface area contributed by atoms with E-state index in [-0.39, 0.29) is 49.6 Å². The van der Waals surface area contributed by atoms with Crippen molar-refractivity contribution in [1.29, 1.82) is 0 Å². The molecule has 3 N–H and O–H groups in total. The number of amides is 3. The molecule has 0 saturated carbocycles. The van der Waals surface area contributed by atoms with Crippen LogP contribution in [0.15, 0.2) is 77.9 Å². The molecule has 11 nitrogen and oxygen atoms in total. The first-order chi connectivity index (χ1) is 25.6. The first-order valence-corrected chi connectivity index (χ1v) is 18.6. The Morgan fingerprint density at radius 1 is 0.870 bits per heavy atom. The van der Waals surface area contributed by atoms with Gasteiger partial charge in [0.2, 0.25) is 0 Å². The lowest BCUT2D eigenvalue weighted by Crippen LogP contribution is -2.35. The smallest absolute Gasteiger partial charge is 0.262 e. The Morgan fingerprint density at radius 2 is 1.57 bits per heavy atom. The first kappa shape index (κ1) is 38.7. The Labute approximate surface area is 328 Å². The number of rotatable bonds is 11. The molecular weight excluding hydrogens is 749 g/mol. The number of ether oxygens (including phenoxy) is 1. The molecule has 0 saturated heterocycles. The summed E-state index contributed by atoms with van der Waals surface area (Å²) in [6, 6.07) is 20.6. The number of amidine groups is 1. The molecule has 54 heavy (non-hydrogen) atoms. The Balaban J connectivity index is 1.22. The van der Waals surface area contributed by atoms with Gasteiger partial charge in [0.05, 0.1) is 10.0 Å². The highest BCUT2D eigenvalue weighted by molar-refractivity contribution is 6.43. The molecule has 0 spiro atoms. The van der Waals surface area contributed by atoms with Gasteiger partial charge < -0.3 is 15.4 Å². The third-order valence-electron chi connectivity index (χ3n) is 10.1. The van der Waals surface area contributed by atoms with Crippen molar-refractivity contribution in [2.45, 2.75) is 71.1 Å². The lowest BCUT2D eigenvalue weighted by Gasteiger charge is -2.30. The van der Waals surface area contributed by atoms with E-state index in [1.807, 2.05) is 6.07 Å². The molecule has 0 bridgehead atoms. The molecule has 14 heteroatoms. The molecule has 4 aromatic carbocycles. The molecular formula is C40H40Cl3N7O4. The van der Waals surface area contributed by atoms with Crippen molar-refractivity contribution >= 4 is 80.8 Å². The quantitative estimate of drug-likeness (QED) is 0.122. The largest absolute Gasteiger partial charge is 0.483 e. The van der Waals surface area contributed by atoms with Crippen molar-refractivity contribution in [3.05, 3.63) is 110 Å². The van der Waals surface area contributed by atoms with Gasteiger partial charge >= 0.3 is 0 Å². The molecule has 3 amide bonds. The van der Waals surface area contributed by atoms with Crippen molar-refractivity contribution in [3.63, 3.8) is 0 Å². The molecule has 1 aromatic heterocycles. The third-order valence-corrected chi connectivity index (χ3v) is 10.9. The van der Waals surface area contributed by atoms with E-state index in [1.54, 1.807) is 36.4 Å². The van der Waals surface area contributed by atoms with Crippen molar-refractivity contribution in [3.8, 4) is 5.75 Å². The Morgan fingerprint density at radius 3 is 2.28 bits per heavy atom. The average molecular weight is 789 g/mol. The fraction of sp³-hybridized carbons (Fsp3) is 0.300. The highest BCUT2D eigenvalue weighted by Crippen LogP contribution is 2.42. The van der Waals surface area contributed by atoms with Crippen molar-refractivity contribution in [2.24, 2.45) is 5.10 Å². The number of hydrogen-bond acceptors (Lipinski definition) is 7. The number of carbonyl (C=O) groups is 3. The maximum absolute atomic E-state index is 14.1. The summed E-state index contributed by atoms with van der Waals surface area (Å²) in [5.41, 5.74) is 4.14. The van der Waals surface area contributed by atoms with Crippen LogP contribution in [-0.2, 0) is 20.4 Å². The minimum Gasteiger partial charge on any atom is -0.483 e. The fourth-order valence-electron chi connectivity index (χ4n) is 6.12. The number of nitrogens with one attached hydrogen (secondary N) is 3. The normalized spacial score (nSPS) is 14.7. The van der Waals surface area contributed by atoms with Crippen LogP contribution in [0.1, 0.15) is 87.4 Å². The number of aromatic amines is 1. The van der Waals surface area contributed by atoms with Crippen LogP contribution in [0.3, 0.4) is 0 Å². The van der Waals surface area contributed by atoms with E-state index in [9.17, 15) is 14.4 Å². The van der Waals surface area contributed by atoms with Crippen LogP contribution in [-0.4, -0.2) is 45.6 Å². The zero-order valence-electron chi connectivity index (χ0n) is 30.7. The molecule has 1 aliphatic heterocycles. The molecule has 1 atom stereocenters. The molecule has 0 radical (unpaired) electrons. The number of fused-ring (bicyclic) bond motifs is 1. The molecule has 1 aliphatic rings. The van der Waals surface area contributed by atoms with E-state index in [2.05, 4.69) is 84.8 Å². The van der Waals surface area contributed by atoms with Crippen LogP contribution in [0.2, 0.25) is 15.1 Å². The number of carbonyl (C=O) groups excluding carboxylic acids is 3. The van der Waals surface area contributed by atoms with Crippen LogP contribution in [0, 0.1) is 0 Å². The van der Waals surface area contributed by atoms with Crippen molar-refractivity contribution < 1.29 is 19.1 Å². The standard InChI is InChI=1S/C40H40Cl3N7O4/c1-7-39(3,4)23-15-16-31(27(18-23)40(5,6)8-2)54-21-32(51)44-25-12-9-11-22(17-25)37(52)45-36-33(26-13-10-14-30-34(26)47-49-46-30)38(53)50(48-36)35-28(42)19-24(41)20-29(35)43/h9-20,33H,7-8,21H2,1-6H3,(H,44,51)(H,45,48,52)(H,46,47,49). The number of hydrazone groups is 1. The zero-order valence-corrected chi connectivity index (χ0v) is 33.0. The summed E-state index contributed by atoms with van der Waals surface area (Å²) in [5, 5.41) is 22.5. The van der Waals surface area contributed by atoms with Gasteiger partial charge in [-0.05, 0) is 71.7 Å². The average Bonchev–Trinajstić information content (AvgIpc) is 3.74. The van der Waals surface area contributed by atoms with Gasteiger partial charge in [-0.1, -0.05) is 107 Å². The summed E-state index contributed by atoms with van der Waals surface area (Å²) >= 11 is 19.1. The second-order valence-corrected chi connectivity index (χ2v) is 15.6. The second-order valence-electron chi connectivity index (χ2n) is 14.4. The number of para-hydroxylation sites is 1. The number of hydrogen-bond donors (Lipinski definition) is 3. The minimum absolute atomic E-state index is 0.00423. The van der Waals surface area contributed by atoms with E-state index in [1.165, 1.54) is 23.8 Å². The predicted molar refractivity (Wildman–Crippen MR) is 214 cm³/mol. The van der Waals surface area contributed by atoms with Gasteiger partial charge in [0.1, 0.15) is 34.2 Å². The Hall–Kier alpha value is -4.97. The van der Waals surface area contributed by atoms with E-state index in [4.69, 9.17) is 39.5 Å². The Kier molecular flexibility index (Phi) is 11.1. The van der Waals surface area contributed by atoms with Crippen LogP contribution in [0.5, 0.6) is 5.75 Å². The van der Waals surface area contributed by atoms with Gasteiger partial charge in [0.15, 0.2) is 6.61 Å². The zero-order chi connectivity index (χ0) is 38.9. The topological polar surface area (TPSA) is 142 Å². The number of aromatic nitrogens is 3. The van der Waals surface area contributed by atoms with E-state index >= 15 is 0 Å².